The molecule has 0 unspecified atom stereocenters. The first-order valence-electron chi connectivity index (χ1n) is 10.0. The van der Waals surface area contributed by atoms with Gasteiger partial charge in [0.25, 0.3) is 0 Å². The number of hydrogen-bond acceptors (Lipinski definition) is 4. The summed E-state index contributed by atoms with van der Waals surface area (Å²) < 4.78 is 2.10. The number of hydrogen-bond donors (Lipinski definition) is 2. The molecule has 0 bridgehead atoms. The first-order chi connectivity index (χ1) is 16.4. The van der Waals surface area contributed by atoms with Crippen LogP contribution in [0.4, 0.5) is 5.13 Å². The first-order valence-corrected chi connectivity index (χ1v) is 12.4. The molecular formula is C25H18Cl4N4S. The minimum absolute atomic E-state index is 0.533. The summed E-state index contributed by atoms with van der Waals surface area (Å²) >= 11 is 25.3. The van der Waals surface area contributed by atoms with Crippen molar-refractivity contribution in [2.75, 3.05) is 5.73 Å². The standard InChI is InChI=1S/C16H12Cl2N2.C9H6Cl2N2S/c17-13-6-5-11(15(18)7-13)9-20-10-12(8-19)14-3-1-2-4-16(14)20;10-5-1-2-6(7(11)3-5)8-4-14-9(12)13-8/h1-8,10,19H,9H2;1-4H,(H2,12,13). The van der Waals surface area contributed by atoms with Crippen molar-refractivity contribution in [3.63, 3.8) is 0 Å². The Balaban J connectivity index is 0.000000172. The molecule has 34 heavy (non-hydrogen) atoms. The molecular weight excluding hydrogens is 530 g/mol. The maximum atomic E-state index is 7.51. The molecule has 3 N–H and O–H groups in total. The van der Waals surface area contributed by atoms with Crippen LogP contribution in [0.15, 0.2) is 72.2 Å². The zero-order valence-corrected chi connectivity index (χ0v) is 21.4. The second-order valence-corrected chi connectivity index (χ2v) is 9.88. The number of nitrogens with zero attached hydrogens (tertiary/aromatic N) is 2. The number of aromatic nitrogens is 2. The van der Waals surface area contributed by atoms with Gasteiger partial charge in [0.05, 0.1) is 10.7 Å². The fraction of sp³-hybridized carbons (Fsp3) is 0.0400. The van der Waals surface area contributed by atoms with Crippen LogP contribution in [-0.4, -0.2) is 15.8 Å². The molecule has 5 rings (SSSR count). The van der Waals surface area contributed by atoms with E-state index < -0.39 is 0 Å². The minimum atomic E-state index is 0.533. The highest BCUT2D eigenvalue weighted by Gasteiger charge is 2.09. The number of halogens is 4. The van der Waals surface area contributed by atoms with E-state index in [0.29, 0.717) is 31.8 Å². The Morgan fingerprint density at radius 2 is 1.65 bits per heavy atom. The SMILES string of the molecule is N=Cc1cn(Cc2ccc(Cl)cc2Cl)c2ccccc12.Nc1nc(-c2ccc(Cl)cc2Cl)cs1. The van der Waals surface area contributed by atoms with Crippen LogP contribution in [0.1, 0.15) is 11.1 Å². The highest BCUT2D eigenvalue weighted by Crippen LogP contribution is 2.31. The number of para-hydroxylation sites is 1. The number of anilines is 1. The van der Waals surface area contributed by atoms with Crippen LogP contribution in [0, 0.1) is 5.41 Å². The van der Waals surface area contributed by atoms with Crippen molar-refractivity contribution in [3.8, 4) is 11.3 Å². The van der Waals surface area contributed by atoms with Gasteiger partial charge in [-0.25, -0.2) is 4.98 Å². The van der Waals surface area contributed by atoms with E-state index in [4.69, 9.17) is 57.5 Å². The number of nitrogen functional groups attached to an aromatic ring is 1. The summed E-state index contributed by atoms with van der Waals surface area (Å²) in [6, 6.07) is 18.9. The average Bonchev–Trinajstić information content (AvgIpc) is 3.40. The van der Waals surface area contributed by atoms with E-state index in [1.54, 1.807) is 18.2 Å². The smallest absolute Gasteiger partial charge is 0.180 e. The second kappa shape index (κ2) is 10.8. The lowest BCUT2D eigenvalue weighted by molar-refractivity contribution is 0.836. The number of rotatable bonds is 4. The van der Waals surface area contributed by atoms with Crippen LogP contribution in [-0.2, 0) is 6.54 Å². The lowest BCUT2D eigenvalue weighted by Gasteiger charge is -2.08. The summed E-state index contributed by atoms with van der Waals surface area (Å²) in [5.74, 6) is 0. The topological polar surface area (TPSA) is 67.7 Å². The molecule has 172 valence electrons. The molecule has 5 aromatic rings. The maximum Gasteiger partial charge on any atom is 0.180 e. The lowest BCUT2D eigenvalue weighted by Crippen LogP contribution is -1.98. The molecule has 0 aliphatic rings. The molecule has 0 aliphatic heterocycles. The summed E-state index contributed by atoms with van der Waals surface area (Å²) in [6.07, 6.45) is 3.35. The zero-order valence-electron chi connectivity index (χ0n) is 17.6. The van der Waals surface area contributed by atoms with Crippen LogP contribution in [0.5, 0.6) is 0 Å². The Hall–Kier alpha value is -2.54. The lowest BCUT2D eigenvalue weighted by atomic mass is 10.2. The van der Waals surface area contributed by atoms with Crippen molar-refractivity contribution >= 4 is 80.0 Å². The van der Waals surface area contributed by atoms with E-state index in [-0.39, 0.29) is 0 Å². The zero-order chi connectivity index (χ0) is 24.2. The Kier molecular flexibility index (Phi) is 7.81. The second-order valence-electron chi connectivity index (χ2n) is 7.30. The number of nitrogens with two attached hydrogens (primary N) is 1. The summed E-state index contributed by atoms with van der Waals surface area (Å²) in [5, 5.41) is 13.5. The molecule has 0 amide bonds. The molecule has 0 aliphatic carbocycles. The van der Waals surface area contributed by atoms with E-state index in [2.05, 4.69) is 9.55 Å². The summed E-state index contributed by atoms with van der Waals surface area (Å²) in [5.41, 5.74) is 10.2. The van der Waals surface area contributed by atoms with E-state index in [0.717, 1.165) is 33.3 Å². The number of benzene rings is 3. The van der Waals surface area contributed by atoms with E-state index in [1.165, 1.54) is 17.6 Å². The molecule has 0 saturated heterocycles. The highest BCUT2D eigenvalue weighted by atomic mass is 35.5. The Labute approximate surface area is 221 Å². The fourth-order valence-electron chi connectivity index (χ4n) is 3.46. The quantitative estimate of drug-likeness (QED) is 0.221. The van der Waals surface area contributed by atoms with Crippen LogP contribution in [0.3, 0.4) is 0 Å². The minimum Gasteiger partial charge on any atom is -0.375 e. The first kappa shape index (κ1) is 24.6. The van der Waals surface area contributed by atoms with Crippen molar-refractivity contribution in [3.05, 3.63) is 103 Å². The molecule has 3 aromatic carbocycles. The Morgan fingerprint density at radius 1 is 0.941 bits per heavy atom. The Morgan fingerprint density at radius 3 is 2.29 bits per heavy atom. The Bertz CT molecular complexity index is 1480. The van der Waals surface area contributed by atoms with Gasteiger partial charge in [-0.3, -0.25) is 0 Å². The molecule has 2 heterocycles. The van der Waals surface area contributed by atoms with Crippen LogP contribution < -0.4 is 5.73 Å². The largest absolute Gasteiger partial charge is 0.375 e. The summed E-state index contributed by atoms with van der Waals surface area (Å²) in [4.78, 5) is 4.14. The normalized spacial score (nSPS) is 10.7. The third-order valence-corrected chi connectivity index (χ3v) is 6.87. The van der Waals surface area contributed by atoms with E-state index in [9.17, 15) is 0 Å². The predicted octanol–water partition coefficient (Wildman–Crippen LogP) is 8.69. The molecule has 0 atom stereocenters. The average molecular weight is 548 g/mol. The van der Waals surface area contributed by atoms with Crippen molar-refractivity contribution in [2.45, 2.75) is 6.54 Å². The van der Waals surface area contributed by atoms with Gasteiger partial charge in [0.15, 0.2) is 5.13 Å². The van der Waals surface area contributed by atoms with Crippen molar-refractivity contribution < 1.29 is 0 Å². The molecule has 9 heteroatoms. The van der Waals surface area contributed by atoms with E-state index in [1.807, 2.05) is 54.0 Å². The van der Waals surface area contributed by atoms with Crippen molar-refractivity contribution in [2.24, 2.45) is 0 Å². The van der Waals surface area contributed by atoms with Gasteiger partial charge in [-0.1, -0.05) is 70.7 Å². The highest BCUT2D eigenvalue weighted by molar-refractivity contribution is 7.13. The molecule has 4 nitrogen and oxygen atoms in total. The summed E-state index contributed by atoms with van der Waals surface area (Å²) in [7, 11) is 0. The van der Waals surface area contributed by atoms with Gasteiger partial charge in [0.1, 0.15) is 0 Å². The van der Waals surface area contributed by atoms with Gasteiger partial charge >= 0.3 is 0 Å². The van der Waals surface area contributed by atoms with Gasteiger partial charge in [-0.15, -0.1) is 11.3 Å². The van der Waals surface area contributed by atoms with Crippen LogP contribution in [0.2, 0.25) is 20.1 Å². The van der Waals surface area contributed by atoms with Crippen molar-refractivity contribution in [1.82, 2.24) is 9.55 Å². The molecule has 0 fully saturated rings. The van der Waals surface area contributed by atoms with Crippen LogP contribution in [0.25, 0.3) is 22.2 Å². The molecule has 0 spiro atoms. The number of fused-ring (bicyclic) bond motifs is 1. The molecule has 0 saturated carbocycles. The van der Waals surface area contributed by atoms with E-state index >= 15 is 0 Å². The number of thiazole rings is 1. The van der Waals surface area contributed by atoms with Gasteiger partial charge in [-0.05, 0) is 42.0 Å². The number of nitrogens with one attached hydrogen (secondary N) is 1. The molecule has 2 aromatic heterocycles. The van der Waals surface area contributed by atoms with Gasteiger partial charge < -0.3 is 15.7 Å². The van der Waals surface area contributed by atoms with Crippen molar-refractivity contribution in [1.29, 1.82) is 5.41 Å². The maximum absolute atomic E-state index is 7.51. The van der Waals surface area contributed by atoms with Gasteiger partial charge in [0.2, 0.25) is 0 Å². The predicted molar refractivity (Wildman–Crippen MR) is 147 cm³/mol. The third-order valence-electron chi connectivity index (χ3n) is 5.06. The van der Waals surface area contributed by atoms with Gasteiger partial charge in [0, 0.05) is 61.4 Å². The fourth-order valence-corrected chi connectivity index (χ4v) is 5.00. The summed E-state index contributed by atoms with van der Waals surface area (Å²) in [6.45, 7) is 0.657. The third kappa shape index (κ3) is 5.57. The van der Waals surface area contributed by atoms with Gasteiger partial charge in [-0.2, -0.15) is 0 Å². The van der Waals surface area contributed by atoms with Crippen LogP contribution >= 0.6 is 57.7 Å². The monoisotopic (exact) mass is 546 g/mol. The molecule has 0 radical (unpaired) electrons.